The van der Waals surface area contributed by atoms with Crippen molar-refractivity contribution in [1.29, 1.82) is 0 Å². The van der Waals surface area contributed by atoms with Crippen molar-refractivity contribution in [2.75, 3.05) is 39.9 Å². The molecule has 142 valence electrons. The van der Waals surface area contributed by atoms with E-state index in [0.29, 0.717) is 25.1 Å². The van der Waals surface area contributed by atoms with E-state index in [1.165, 1.54) is 18.9 Å². The summed E-state index contributed by atoms with van der Waals surface area (Å²) in [6, 6.07) is 3.51. The van der Waals surface area contributed by atoms with Gasteiger partial charge >= 0.3 is 0 Å². The number of likely N-dealkylation sites (N-methyl/N-ethyl adjacent to an activating group) is 1. The predicted molar refractivity (Wildman–Crippen MR) is 108 cm³/mol. The van der Waals surface area contributed by atoms with Crippen LogP contribution in [0.25, 0.3) is 0 Å². The molecule has 1 aliphatic rings. The Hall–Kier alpha value is -0.960. The van der Waals surface area contributed by atoms with Gasteiger partial charge in [-0.1, -0.05) is 0 Å². The lowest BCUT2D eigenvalue weighted by Crippen LogP contribution is -2.40. The monoisotopic (exact) mass is 467 g/mol. The molecule has 1 aliphatic carbocycles. The fourth-order valence-electron chi connectivity index (χ4n) is 2.33. The fourth-order valence-corrected chi connectivity index (χ4v) is 2.33. The number of hydrogen-bond acceptors (Lipinski definition) is 2. The second-order valence-electron chi connectivity index (χ2n) is 6.16. The van der Waals surface area contributed by atoms with E-state index in [2.05, 4.69) is 10.3 Å². The van der Waals surface area contributed by atoms with Gasteiger partial charge in [0.2, 0.25) is 0 Å². The molecular weight excluding hydrogens is 439 g/mol. The van der Waals surface area contributed by atoms with Crippen molar-refractivity contribution in [2.24, 2.45) is 10.9 Å². The third kappa shape index (κ3) is 8.31. The molecule has 25 heavy (non-hydrogen) atoms. The first kappa shape index (κ1) is 22.1. The highest BCUT2D eigenvalue weighted by molar-refractivity contribution is 14.0. The van der Waals surface area contributed by atoms with Crippen LogP contribution in [0.2, 0.25) is 0 Å². The lowest BCUT2D eigenvalue weighted by Gasteiger charge is -2.22. The topological polar surface area (TPSA) is 36.9 Å². The van der Waals surface area contributed by atoms with Crippen LogP contribution in [0.3, 0.4) is 0 Å². The minimum absolute atomic E-state index is 0. The second-order valence-corrected chi connectivity index (χ2v) is 6.16. The Morgan fingerprint density at radius 3 is 2.80 bits per heavy atom. The molecule has 0 bridgehead atoms. The Morgan fingerprint density at radius 1 is 1.36 bits per heavy atom. The maximum Gasteiger partial charge on any atom is 0.193 e. The van der Waals surface area contributed by atoms with Crippen LogP contribution < -0.4 is 5.32 Å². The summed E-state index contributed by atoms with van der Waals surface area (Å²) in [5.41, 5.74) is 0.352. The van der Waals surface area contributed by atoms with Crippen molar-refractivity contribution >= 4 is 29.9 Å². The minimum Gasteiger partial charge on any atom is -0.379 e. The Labute approximate surface area is 166 Å². The van der Waals surface area contributed by atoms with Crippen LogP contribution in [0.1, 0.15) is 25.3 Å². The van der Waals surface area contributed by atoms with Gasteiger partial charge in [-0.15, -0.1) is 24.0 Å². The summed E-state index contributed by atoms with van der Waals surface area (Å²) >= 11 is 0. The molecule has 0 radical (unpaired) electrons. The molecule has 0 saturated heterocycles. The van der Waals surface area contributed by atoms with E-state index in [4.69, 9.17) is 4.74 Å². The summed E-state index contributed by atoms with van der Waals surface area (Å²) in [4.78, 5) is 6.49. The summed E-state index contributed by atoms with van der Waals surface area (Å²) in [6.07, 6.45) is 2.94. The summed E-state index contributed by atoms with van der Waals surface area (Å²) < 4.78 is 32.4. The van der Waals surface area contributed by atoms with Gasteiger partial charge in [0, 0.05) is 33.3 Å². The highest BCUT2D eigenvalue weighted by Gasteiger charge is 2.21. The zero-order valence-corrected chi connectivity index (χ0v) is 17.3. The molecule has 1 aromatic rings. The number of hydrogen-bond donors (Lipinski definition) is 1. The van der Waals surface area contributed by atoms with Crippen LogP contribution >= 0.6 is 24.0 Å². The largest absolute Gasteiger partial charge is 0.379 e. The van der Waals surface area contributed by atoms with Crippen molar-refractivity contribution in [3.63, 3.8) is 0 Å². The van der Waals surface area contributed by atoms with Gasteiger partial charge < -0.3 is 15.0 Å². The van der Waals surface area contributed by atoms with Gasteiger partial charge in [0.25, 0.3) is 0 Å². The van der Waals surface area contributed by atoms with Crippen molar-refractivity contribution < 1.29 is 13.5 Å². The van der Waals surface area contributed by atoms with Crippen LogP contribution in [0.5, 0.6) is 0 Å². The molecule has 1 fully saturated rings. The lowest BCUT2D eigenvalue weighted by atomic mass is 10.1. The molecule has 0 spiro atoms. The molecule has 0 heterocycles. The molecule has 7 heteroatoms. The molecule has 0 amide bonds. The van der Waals surface area contributed by atoms with E-state index < -0.39 is 11.6 Å². The summed E-state index contributed by atoms with van der Waals surface area (Å²) in [5.74, 6) is 0.702. The molecule has 0 aliphatic heterocycles. The smallest absolute Gasteiger partial charge is 0.193 e. The van der Waals surface area contributed by atoms with E-state index >= 15 is 0 Å². The molecule has 0 atom stereocenters. The van der Waals surface area contributed by atoms with Gasteiger partial charge in [0.1, 0.15) is 11.6 Å². The first-order chi connectivity index (χ1) is 11.6. The third-order valence-electron chi connectivity index (χ3n) is 3.97. The van der Waals surface area contributed by atoms with Gasteiger partial charge in [-0.3, -0.25) is 4.99 Å². The first-order valence-electron chi connectivity index (χ1n) is 8.61. The van der Waals surface area contributed by atoms with Gasteiger partial charge in [-0.2, -0.15) is 0 Å². The summed E-state index contributed by atoms with van der Waals surface area (Å²) in [7, 11) is 1.95. The number of nitrogens with one attached hydrogen (secondary N) is 1. The van der Waals surface area contributed by atoms with Crippen molar-refractivity contribution in [3.8, 4) is 0 Å². The molecule has 1 N–H and O–H groups in total. The van der Waals surface area contributed by atoms with Crippen LogP contribution in [-0.2, 0) is 11.2 Å². The lowest BCUT2D eigenvalue weighted by molar-refractivity contribution is 0.115. The average Bonchev–Trinajstić information content (AvgIpc) is 3.38. The van der Waals surface area contributed by atoms with E-state index in [0.717, 1.165) is 43.7 Å². The van der Waals surface area contributed by atoms with Crippen molar-refractivity contribution in [1.82, 2.24) is 10.2 Å². The molecule has 0 unspecified atom stereocenters. The molecule has 1 aromatic carbocycles. The Kier molecular flexibility index (Phi) is 10.3. The number of benzene rings is 1. The normalized spacial score (nSPS) is 14.2. The van der Waals surface area contributed by atoms with Crippen molar-refractivity contribution in [2.45, 2.75) is 26.2 Å². The maximum atomic E-state index is 13.6. The Bertz CT molecular complexity index is 553. The predicted octanol–water partition coefficient (Wildman–Crippen LogP) is 3.45. The first-order valence-corrected chi connectivity index (χ1v) is 8.61. The second kappa shape index (κ2) is 11.6. The highest BCUT2D eigenvalue weighted by atomic mass is 127. The standard InChI is InChI=1S/C18H27F2N3O.HI/c1-3-21-18(23(2)10-11-24-13-14-4-5-14)22-9-8-15-12-16(19)6-7-17(15)20;/h6-7,12,14H,3-5,8-11,13H2,1-2H3,(H,21,22);1H. The molecule has 1 saturated carbocycles. The molecule has 0 aromatic heterocycles. The van der Waals surface area contributed by atoms with Gasteiger partial charge in [0.15, 0.2) is 5.96 Å². The van der Waals surface area contributed by atoms with Gasteiger partial charge in [-0.05, 0) is 55.9 Å². The van der Waals surface area contributed by atoms with Crippen molar-refractivity contribution in [3.05, 3.63) is 35.4 Å². The number of nitrogens with zero attached hydrogens (tertiary/aromatic N) is 2. The number of halogens is 3. The zero-order valence-electron chi connectivity index (χ0n) is 14.9. The van der Waals surface area contributed by atoms with Gasteiger partial charge in [-0.25, -0.2) is 8.78 Å². The van der Waals surface area contributed by atoms with E-state index in [-0.39, 0.29) is 24.0 Å². The van der Waals surface area contributed by atoms with Crippen LogP contribution in [-0.4, -0.2) is 50.8 Å². The molecule has 4 nitrogen and oxygen atoms in total. The molecular formula is C18H28F2IN3O. The molecule has 2 rings (SSSR count). The SMILES string of the molecule is CCNC(=NCCc1cc(F)ccc1F)N(C)CCOCC1CC1.I. The average molecular weight is 467 g/mol. The van der Waals surface area contributed by atoms with Crippen LogP contribution in [0.4, 0.5) is 8.78 Å². The minimum atomic E-state index is -0.424. The Morgan fingerprint density at radius 2 is 2.12 bits per heavy atom. The summed E-state index contributed by atoms with van der Waals surface area (Å²) in [6.45, 7) is 5.40. The van der Waals surface area contributed by atoms with Gasteiger partial charge in [0.05, 0.1) is 6.61 Å². The zero-order chi connectivity index (χ0) is 17.4. The Balaban J connectivity index is 0.00000312. The fraction of sp³-hybridized carbons (Fsp3) is 0.611. The quantitative estimate of drug-likeness (QED) is 0.262. The van der Waals surface area contributed by atoms with Crippen LogP contribution in [0, 0.1) is 17.6 Å². The van der Waals surface area contributed by atoms with E-state index in [9.17, 15) is 8.78 Å². The third-order valence-corrected chi connectivity index (χ3v) is 3.97. The number of guanidine groups is 1. The van der Waals surface area contributed by atoms with Crippen LogP contribution in [0.15, 0.2) is 23.2 Å². The number of ether oxygens (including phenoxy) is 1. The summed E-state index contributed by atoms with van der Waals surface area (Å²) in [5, 5.41) is 3.21. The van der Waals surface area contributed by atoms with E-state index in [1.54, 1.807) is 0 Å². The number of rotatable bonds is 9. The maximum absolute atomic E-state index is 13.6. The highest BCUT2D eigenvalue weighted by Crippen LogP contribution is 2.28. The van der Waals surface area contributed by atoms with E-state index in [1.807, 2.05) is 18.9 Å². The number of aliphatic imine (C=N–C) groups is 1.